The van der Waals surface area contributed by atoms with Crippen LogP contribution < -0.4 is 5.32 Å². The number of carboxylic acids is 1. The van der Waals surface area contributed by atoms with E-state index in [9.17, 15) is 9.59 Å². The number of carbonyl (C=O) groups is 2. The van der Waals surface area contributed by atoms with E-state index in [1.54, 1.807) is 7.05 Å². The highest BCUT2D eigenvalue weighted by Gasteiger charge is 2.40. The first-order chi connectivity index (χ1) is 9.01. The first-order valence-corrected chi connectivity index (χ1v) is 5.58. The van der Waals surface area contributed by atoms with Gasteiger partial charge in [0.05, 0.1) is 13.2 Å². The summed E-state index contributed by atoms with van der Waals surface area (Å²) in [6.45, 7) is 0.208. The van der Waals surface area contributed by atoms with Crippen molar-refractivity contribution in [2.75, 3.05) is 19.0 Å². The smallest absolute Gasteiger partial charge is 0.326 e. The van der Waals surface area contributed by atoms with Gasteiger partial charge in [-0.1, -0.05) is 5.10 Å². The summed E-state index contributed by atoms with van der Waals surface area (Å²) in [5.74, 6) is -1.04. The number of aliphatic carboxylic acids is 1. The van der Waals surface area contributed by atoms with Gasteiger partial charge in [0.2, 0.25) is 0 Å². The standard InChI is InChI=1S/C9H14N6O4/c1-14-12-8(11-13-14)10-9(18)15-4-5(19-2)3-6(15)7(16)17/h5-6H,3-4H2,1-2H3,(H,16,17)(H,10,12,18). The summed E-state index contributed by atoms with van der Waals surface area (Å²) in [6, 6.07) is -1.50. The third-order valence-corrected chi connectivity index (χ3v) is 2.87. The normalized spacial score (nSPS) is 22.5. The Morgan fingerprint density at radius 1 is 1.53 bits per heavy atom. The van der Waals surface area contributed by atoms with Crippen molar-refractivity contribution in [3.8, 4) is 0 Å². The molecule has 104 valence electrons. The van der Waals surface area contributed by atoms with Crippen LogP contribution in [0.5, 0.6) is 0 Å². The van der Waals surface area contributed by atoms with E-state index < -0.39 is 18.0 Å². The van der Waals surface area contributed by atoms with E-state index in [4.69, 9.17) is 9.84 Å². The van der Waals surface area contributed by atoms with E-state index >= 15 is 0 Å². The average molecular weight is 270 g/mol. The van der Waals surface area contributed by atoms with Crippen molar-refractivity contribution in [3.63, 3.8) is 0 Å². The lowest BCUT2D eigenvalue weighted by atomic mass is 10.2. The topological polar surface area (TPSA) is 122 Å². The number of hydrogen-bond donors (Lipinski definition) is 2. The number of carbonyl (C=O) groups excluding carboxylic acids is 1. The van der Waals surface area contributed by atoms with Crippen LogP contribution in [0.1, 0.15) is 6.42 Å². The molecule has 0 spiro atoms. The second-order valence-electron chi connectivity index (χ2n) is 4.13. The molecule has 2 heterocycles. The van der Waals surface area contributed by atoms with E-state index in [-0.39, 0.29) is 25.0 Å². The van der Waals surface area contributed by atoms with E-state index in [1.807, 2.05) is 0 Å². The van der Waals surface area contributed by atoms with Gasteiger partial charge in [0.25, 0.3) is 5.95 Å². The molecular formula is C9H14N6O4. The SMILES string of the molecule is COC1CC(C(=O)O)N(C(=O)Nc2nnn(C)n2)C1. The van der Waals surface area contributed by atoms with E-state index in [1.165, 1.54) is 16.8 Å². The number of aryl methyl sites for hydroxylation is 1. The number of hydrogen-bond acceptors (Lipinski definition) is 6. The number of urea groups is 1. The first kappa shape index (κ1) is 13.2. The van der Waals surface area contributed by atoms with E-state index in [0.29, 0.717) is 0 Å². The molecule has 1 fully saturated rings. The zero-order valence-electron chi connectivity index (χ0n) is 10.5. The highest BCUT2D eigenvalue weighted by atomic mass is 16.5. The molecule has 10 heteroatoms. The molecule has 0 saturated carbocycles. The molecule has 2 rings (SSSR count). The highest BCUT2D eigenvalue weighted by molar-refractivity contribution is 5.91. The third kappa shape index (κ3) is 2.78. The number of aromatic nitrogens is 4. The largest absolute Gasteiger partial charge is 0.480 e. The van der Waals surface area contributed by atoms with Gasteiger partial charge in [-0.25, -0.2) is 9.59 Å². The minimum absolute atomic E-state index is 0.0255. The van der Waals surface area contributed by atoms with E-state index in [0.717, 1.165) is 0 Å². The molecule has 0 radical (unpaired) electrons. The van der Waals surface area contributed by atoms with Gasteiger partial charge in [-0.05, 0) is 5.21 Å². The van der Waals surface area contributed by atoms with Crippen LogP contribution in [-0.4, -0.2) is 68.0 Å². The Balaban J connectivity index is 2.06. The van der Waals surface area contributed by atoms with Crippen LogP contribution in [0, 0.1) is 0 Å². The van der Waals surface area contributed by atoms with Crippen molar-refractivity contribution in [1.82, 2.24) is 25.1 Å². The van der Waals surface area contributed by atoms with Crippen LogP contribution in [0.15, 0.2) is 0 Å². The zero-order chi connectivity index (χ0) is 14.0. The molecule has 1 aromatic rings. The van der Waals surface area contributed by atoms with Gasteiger partial charge in [0, 0.05) is 20.1 Å². The maximum Gasteiger partial charge on any atom is 0.326 e. The van der Waals surface area contributed by atoms with Crippen LogP contribution in [0.25, 0.3) is 0 Å². The van der Waals surface area contributed by atoms with Crippen molar-refractivity contribution in [3.05, 3.63) is 0 Å². The second kappa shape index (κ2) is 5.18. The summed E-state index contributed by atoms with van der Waals surface area (Å²) < 4.78 is 5.09. The monoisotopic (exact) mass is 270 g/mol. The van der Waals surface area contributed by atoms with Crippen molar-refractivity contribution in [2.45, 2.75) is 18.6 Å². The molecule has 19 heavy (non-hydrogen) atoms. The molecule has 2 amide bonds. The number of likely N-dealkylation sites (tertiary alicyclic amines) is 1. The maximum atomic E-state index is 12.0. The number of carboxylic acid groups (broad SMARTS) is 1. The van der Waals surface area contributed by atoms with Gasteiger partial charge >= 0.3 is 12.0 Å². The van der Waals surface area contributed by atoms with E-state index in [2.05, 4.69) is 20.7 Å². The molecule has 0 aromatic carbocycles. The van der Waals surface area contributed by atoms with Crippen molar-refractivity contribution in [1.29, 1.82) is 0 Å². The zero-order valence-corrected chi connectivity index (χ0v) is 10.5. The molecule has 1 aliphatic heterocycles. The lowest BCUT2D eigenvalue weighted by Crippen LogP contribution is -2.43. The lowest BCUT2D eigenvalue weighted by Gasteiger charge is -2.20. The fourth-order valence-electron chi connectivity index (χ4n) is 1.93. The van der Waals surface area contributed by atoms with Gasteiger partial charge in [-0.15, -0.1) is 5.10 Å². The van der Waals surface area contributed by atoms with Crippen molar-refractivity contribution < 1.29 is 19.4 Å². The molecule has 1 aliphatic rings. The summed E-state index contributed by atoms with van der Waals surface area (Å²) in [5, 5.41) is 22.4. The predicted octanol–water partition coefficient (Wildman–Crippen LogP) is -1.08. The predicted molar refractivity (Wildman–Crippen MR) is 61.4 cm³/mol. The van der Waals surface area contributed by atoms with Gasteiger partial charge in [-0.3, -0.25) is 5.32 Å². The molecule has 10 nitrogen and oxygen atoms in total. The van der Waals surface area contributed by atoms with Crippen LogP contribution in [0.3, 0.4) is 0 Å². The highest BCUT2D eigenvalue weighted by Crippen LogP contribution is 2.20. The van der Waals surface area contributed by atoms with Gasteiger partial charge in [0.1, 0.15) is 6.04 Å². The number of tetrazole rings is 1. The number of nitrogens with zero attached hydrogens (tertiary/aromatic N) is 5. The Bertz CT molecular complexity index is 489. The van der Waals surface area contributed by atoms with Gasteiger partial charge < -0.3 is 14.7 Å². The number of methoxy groups -OCH3 is 1. The Hall–Kier alpha value is -2.23. The summed E-state index contributed by atoms with van der Waals surface area (Å²) >= 11 is 0. The number of ether oxygens (including phenoxy) is 1. The Morgan fingerprint density at radius 3 is 2.79 bits per heavy atom. The fraction of sp³-hybridized carbons (Fsp3) is 0.667. The van der Waals surface area contributed by atoms with Gasteiger partial charge in [-0.2, -0.15) is 4.80 Å². The Labute approximate surface area is 108 Å². The summed E-state index contributed by atoms with van der Waals surface area (Å²) in [7, 11) is 3.04. The quantitative estimate of drug-likeness (QED) is 0.715. The number of rotatable bonds is 3. The maximum absolute atomic E-state index is 12.0. The van der Waals surface area contributed by atoms with Crippen LogP contribution >= 0.6 is 0 Å². The molecule has 1 aromatic heterocycles. The van der Waals surface area contributed by atoms with Crippen LogP contribution in [0.2, 0.25) is 0 Å². The van der Waals surface area contributed by atoms with Crippen LogP contribution in [0.4, 0.5) is 10.7 Å². The minimum Gasteiger partial charge on any atom is -0.480 e. The van der Waals surface area contributed by atoms with Crippen molar-refractivity contribution >= 4 is 17.9 Å². The fourth-order valence-corrected chi connectivity index (χ4v) is 1.93. The first-order valence-electron chi connectivity index (χ1n) is 5.58. The van der Waals surface area contributed by atoms with Crippen LogP contribution in [-0.2, 0) is 16.6 Å². The number of nitrogens with one attached hydrogen (secondary N) is 1. The molecular weight excluding hydrogens is 256 g/mol. The molecule has 2 atom stereocenters. The molecule has 0 bridgehead atoms. The summed E-state index contributed by atoms with van der Waals surface area (Å²) in [5.41, 5.74) is 0. The third-order valence-electron chi connectivity index (χ3n) is 2.87. The molecule has 1 saturated heterocycles. The average Bonchev–Trinajstić information content (AvgIpc) is 2.95. The Morgan fingerprint density at radius 2 is 2.26 bits per heavy atom. The molecule has 2 N–H and O–H groups in total. The number of amides is 2. The second-order valence-corrected chi connectivity index (χ2v) is 4.13. The van der Waals surface area contributed by atoms with Gasteiger partial charge in [0.15, 0.2) is 0 Å². The number of anilines is 1. The lowest BCUT2D eigenvalue weighted by molar-refractivity contribution is -0.141. The van der Waals surface area contributed by atoms with Crippen molar-refractivity contribution in [2.24, 2.45) is 7.05 Å². The summed E-state index contributed by atoms with van der Waals surface area (Å²) in [4.78, 5) is 25.5. The molecule has 0 aliphatic carbocycles. The minimum atomic E-state index is -1.07. The Kier molecular flexibility index (Phi) is 3.60. The summed E-state index contributed by atoms with van der Waals surface area (Å²) in [6.07, 6.45) is -0.0330. The molecule has 2 unspecified atom stereocenters.